The fourth-order valence-corrected chi connectivity index (χ4v) is 3.14. The van der Waals surface area contributed by atoms with Gasteiger partial charge in [-0.25, -0.2) is 0 Å². The first kappa shape index (κ1) is 17.5. The molecular weight excluding hydrogens is 272 g/mol. The second-order valence-corrected chi connectivity index (χ2v) is 6.03. The third kappa shape index (κ3) is 4.19. The van der Waals surface area contributed by atoms with E-state index in [-0.39, 0.29) is 17.7 Å². The van der Waals surface area contributed by atoms with Crippen LogP contribution in [0.3, 0.4) is 0 Å². The summed E-state index contributed by atoms with van der Waals surface area (Å²) in [6.07, 6.45) is 2.10. The molecule has 0 radical (unpaired) electrons. The number of carbonyl (C=O) groups excluding carboxylic acids is 2. The summed E-state index contributed by atoms with van der Waals surface area (Å²) in [5.74, 6) is -2.25. The molecule has 0 heterocycles. The molecule has 0 bridgehead atoms. The summed E-state index contributed by atoms with van der Waals surface area (Å²) in [7, 11) is 3.20. The van der Waals surface area contributed by atoms with E-state index in [2.05, 4.69) is 5.32 Å². The van der Waals surface area contributed by atoms with Gasteiger partial charge in [0.05, 0.1) is 17.8 Å². The monoisotopic (exact) mass is 298 g/mol. The minimum absolute atomic E-state index is 0.123. The second kappa shape index (κ2) is 7.43. The first-order chi connectivity index (χ1) is 9.81. The normalized spacial score (nSPS) is 26.2. The first-order valence-electron chi connectivity index (χ1n) is 7.51. The van der Waals surface area contributed by atoms with Gasteiger partial charge >= 0.3 is 5.97 Å². The van der Waals surface area contributed by atoms with E-state index < -0.39 is 17.8 Å². The molecule has 1 aliphatic carbocycles. The van der Waals surface area contributed by atoms with Crippen LogP contribution in [0.1, 0.15) is 33.1 Å². The summed E-state index contributed by atoms with van der Waals surface area (Å²) in [5, 5.41) is 11.9. The topological polar surface area (TPSA) is 86.7 Å². The van der Waals surface area contributed by atoms with Crippen molar-refractivity contribution in [3.8, 4) is 0 Å². The van der Waals surface area contributed by atoms with Crippen molar-refractivity contribution in [1.82, 2.24) is 10.2 Å². The largest absolute Gasteiger partial charge is 0.481 e. The van der Waals surface area contributed by atoms with E-state index in [1.807, 2.05) is 6.92 Å². The van der Waals surface area contributed by atoms with Crippen LogP contribution in [0.25, 0.3) is 0 Å². The molecule has 2 N–H and O–H groups in total. The smallest absolute Gasteiger partial charge is 0.307 e. The molecule has 0 spiro atoms. The number of carbonyl (C=O) groups is 3. The van der Waals surface area contributed by atoms with Gasteiger partial charge in [0.25, 0.3) is 0 Å². The molecule has 0 aliphatic heterocycles. The summed E-state index contributed by atoms with van der Waals surface area (Å²) in [6, 6.07) is 0. The molecule has 1 fully saturated rings. The Morgan fingerprint density at radius 3 is 2.33 bits per heavy atom. The number of nitrogens with zero attached hydrogens (tertiary/aromatic N) is 1. The van der Waals surface area contributed by atoms with E-state index in [4.69, 9.17) is 0 Å². The highest BCUT2D eigenvalue weighted by Crippen LogP contribution is 2.39. The predicted molar refractivity (Wildman–Crippen MR) is 78.5 cm³/mol. The van der Waals surface area contributed by atoms with Crippen LogP contribution >= 0.6 is 0 Å². The lowest BCUT2D eigenvalue weighted by Crippen LogP contribution is -2.41. The standard InChI is InChI=1S/C15H26N2O4/c1-5-10-6-11(12(7-10)15(20)21)14(19)17(4)8-9(2)13(18)16-3/h9-12H,5-8H2,1-4H3,(H,16,18)(H,20,21)/t9?,10?,11-,12+/m0/s1. The Morgan fingerprint density at radius 1 is 1.29 bits per heavy atom. The summed E-state index contributed by atoms with van der Waals surface area (Å²) in [4.78, 5) is 36.9. The van der Waals surface area contributed by atoms with Gasteiger partial charge in [0.2, 0.25) is 11.8 Å². The molecule has 6 heteroatoms. The molecule has 1 aliphatic rings. The van der Waals surface area contributed by atoms with Crippen molar-refractivity contribution in [2.45, 2.75) is 33.1 Å². The Labute approximate surface area is 125 Å². The Bertz CT molecular complexity index is 410. The van der Waals surface area contributed by atoms with Crippen LogP contribution in [-0.2, 0) is 14.4 Å². The lowest BCUT2D eigenvalue weighted by atomic mass is 9.94. The first-order valence-corrected chi connectivity index (χ1v) is 7.51. The average molecular weight is 298 g/mol. The molecule has 2 unspecified atom stereocenters. The van der Waals surface area contributed by atoms with Crippen molar-refractivity contribution in [2.75, 3.05) is 20.6 Å². The number of carboxylic acid groups (broad SMARTS) is 1. The average Bonchev–Trinajstić information content (AvgIpc) is 2.89. The van der Waals surface area contributed by atoms with Crippen LogP contribution in [-0.4, -0.2) is 48.4 Å². The minimum Gasteiger partial charge on any atom is -0.481 e. The minimum atomic E-state index is -0.892. The van der Waals surface area contributed by atoms with Gasteiger partial charge in [0.1, 0.15) is 0 Å². The van der Waals surface area contributed by atoms with Crippen molar-refractivity contribution in [1.29, 1.82) is 0 Å². The van der Waals surface area contributed by atoms with Gasteiger partial charge in [-0.15, -0.1) is 0 Å². The van der Waals surface area contributed by atoms with E-state index >= 15 is 0 Å². The van der Waals surface area contributed by atoms with Crippen molar-refractivity contribution in [3.63, 3.8) is 0 Å². The fraction of sp³-hybridized carbons (Fsp3) is 0.800. The van der Waals surface area contributed by atoms with Crippen LogP contribution < -0.4 is 5.32 Å². The van der Waals surface area contributed by atoms with Crippen molar-refractivity contribution >= 4 is 17.8 Å². The number of hydrogen-bond donors (Lipinski definition) is 2. The van der Waals surface area contributed by atoms with E-state index in [1.165, 1.54) is 4.90 Å². The summed E-state index contributed by atoms with van der Waals surface area (Å²) < 4.78 is 0. The molecule has 0 saturated heterocycles. The summed E-state index contributed by atoms with van der Waals surface area (Å²) in [6.45, 7) is 4.08. The maximum atomic E-state index is 12.5. The maximum absolute atomic E-state index is 12.5. The summed E-state index contributed by atoms with van der Waals surface area (Å²) in [5.41, 5.74) is 0. The Morgan fingerprint density at radius 2 is 1.86 bits per heavy atom. The maximum Gasteiger partial charge on any atom is 0.307 e. The van der Waals surface area contributed by atoms with Gasteiger partial charge in [-0.3, -0.25) is 14.4 Å². The molecule has 4 atom stereocenters. The molecule has 1 rings (SSSR count). The molecule has 0 aromatic rings. The molecule has 1 saturated carbocycles. The second-order valence-electron chi connectivity index (χ2n) is 6.03. The van der Waals surface area contributed by atoms with Gasteiger partial charge in [0, 0.05) is 20.6 Å². The van der Waals surface area contributed by atoms with E-state index in [9.17, 15) is 19.5 Å². The van der Waals surface area contributed by atoms with Crippen LogP contribution in [0, 0.1) is 23.7 Å². The number of aliphatic carboxylic acids is 1. The molecule has 6 nitrogen and oxygen atoms in total. The Balaban J connectivity index is 2.72. The van der Waals surface area contributed by atoms with E-state index in [1.54, 1.807) is 21.0 Å². The SMILES string of the molecule is CCC1C[C@H](C(=O)N(C)CC(C)C(=O)NC)[C@H](C(=O)O)C1. The lowest BCUT2D eigenvalue weighted by Gasteiger charge is -2.25. The zero-order chi connectivity index (χ0) is 16.2. The van der Waals surface area contributed by atoms with Crippen molar-refractivity contribution in [2.24, 2.45) is 23.7 Å². The number of nitrogens with one attached hydrogen (secondary N) is 1. The van der Waals surface area contributed by atoms with Gasteiger partial charge in [-0.2, -0.15) is 0 Å². The third-order valence-corrected chi connectivity index (χ3v) is 4.49. The fourth-order valence-electron chi connectivity index (χ4n) is 3.14. The highest BCUT2D eigenvalue weighted by molar-refractivity contribution is 5.86. The van der Waals surface area contributed by atoms with Gasteiger partial charge in [0.15, 0.2) is 0 Å². The number of carboxylic acids is 1. The zero-order valence-corrected chi connectivity index (χ0v) is 13.3. The Hall–Kier alpha value is -1.59. The highest BCUT2D eigenvalue weighted by Gasteiger charge is 2.43. The van der Waals surface area contributed by atoms with Crippen molar-refractivity contribution < 1.29 is 19.5 Å². The highest BCUT2D eigenvalue weighted by atomic mass is 16.4. The molecule has 2 amide bonds. The molecule has 0 aromatic carbocycles. The lowest BCUT2D eigenvalue weighted by molar-refractivity contribution is -0.149. The quantitative estimate of drug-likeness (QED) is 0.765. The van der Waals surface area contributed by atoms with Crippen LogP contribution in [0.2, 0.25) is 0 Å². The van der Waals surface area contributed by atoms with E-state index in [0.29, 0.717) is 25.3 Å². The predicted octanol–water partition coefficient (Wildman–Crippen LogP) is 0.964. The van der Waals surface area contributed by atoms with Crippen LogP contribution in [0.5, 0.6) is 0 Å². The number of amides is 2. The molecule has 21 heavy (non-hydrogen) atoms. The van der Waals surface area contributed by atoms with Crippen LogP contribution in [0.4, 0.5) is 0 Å². The third-order valence-electron chi connectivity index (χ3n) is 4.49. The molecule has 0 aromatic heterocycles. The van der Waals surface area contributed by atoms with Gasteiger partial charge < -0.3 is 15.3 Å². The zero-order valence-electron chi connectivity index (χ0n) is 13.3. The Kier molecular flexibility index (Phi) is 6.18. The van der Waals surface area contributed by atoms with Gasteiger partial charge in [-0.1, -0.05) is 20.3 Å². The van der Waals surface area contributed by atoms with E-state index in [0.717, 1.165) is 6.42 Å². The summed E-state index contributed by atoms with van der Waals surface area (Å²) >= 11 is 0. The van der Waals surface area contributed by atoms with Crippen LogP contribution in [0.15, 0.2) is 0 Å². The number of hydrogen-bond acceptors (Lipinski definition) is 3. The molecule has 120 valence electrons. The number of rotatable bonds is 6. The van der Waals surface area contributed by atoms with Crippen molar-refractivity contribution in [3.05, 3.63) is 0 Å². The molecular formula is C15H26N2O4. The van der Waals surface area contributed by atoms with Gasteiger partial charge in [-0.05, 0) is 18.8 Å².